The number of thiophene rings is 1. The van der Waals surface area contributed by atoms with Gasteiger partial charge in [0.2, 0.25) is 5.91 Å². The number of hydrogen-bond donors (Lipinski definition) is 3. The summed E-state index contributed by atoms with van der Waals surface area (Å²) in [5.41, 5.74) is 8.03. The maximum atomic E-state index is 13.4. The predicted molar refractivity (Wildman–Crippen MR) is 130 cm³/mol. The van der Waals surface area contributed by atoms with Crippen molar-refractivity contribution >= 4 is 39.7 Å². The lowest BCUT2D eigenvalue weighted by molar-refractivity contribution is -0.122. The van der Waals surface area contributed by atoms with Gasteiger partial charge >= 0.3 is 0 Å². The van der Waals surface area contributed by atoms with E-state index >= 15 is 0 Å². The molecule has 4 rings (SSSR count). The number of nitrogens with one attached hydrogen (secondary N) is 2. The van der Waals surface area contributed by atoms with Crippen LogP contribution in [0.4, 0.5) is 15.1 Å². The number of carbonyl (C=O) groups excluding carboxylic acids is 3. The Balaban J connectivity index is 1.42. The van der Waals surface area contributed by atoms with Crippen molar-refractivity contribution in [3.8, 4) is 0 Å². The summed E-state index contributed by atoms with van der Waals surface area (Å²) in [5.74, 6) is -1.54. The number of primary amides is 1. The summed E-state index contributed by atoms with van der Waals surface area (Å²) in [4.78, 5) is 39.5. The summed E-state index contributed by atoms with van der Waals surface area (Å²) in [6.45, 7) is 3.17. The minimum Gasteiger partial charge on any atom is -0.368 e. The average Bonchev–Trinajstić information content (AvgIpc) is 3.40. The fourth-order valence-electron chi connectivity index (χ4n) is 4.09. The molecule has 0 aliphatic carbocycles. The van der Waals surface area contributed by atoms with Crippen LogP contribution in [-0.4, -0.2) is 35.2 Å². The summed E-state index contributed by atoms with van der Waals surface area (Å²) in [7, 11) is 0. The van der Waals surface area contributed by atoms with Crippen molar-refractivity contribution in [2.24, 2.45) is 5.73 Å². The number of rotatable bonds is 7. The number of benzene rings is 2. The highest BCUT2D eigenvalue weighted by Crippen LogP contribution is 2.28. The standard InChI is InChI=1S/C25H25FN4O3S/c1-15-11-21(29-24(32)17-6-3-7-18(26)13-17)34-22(15)25(33)28-19-8-2-5-16(12-19)14-30-10-4-9-20(30)23(27)31/h2-3,5-8,11-13,20H,4,9-10,14H2,1H3,(H2,27,31)(H,28,33)(H,29,32). The van der Waals surface area contributed by atoms with Crippen molar-refractivity contribution < 1.29 is 18.8 Å². The van der Waals surface area contributed by atoms with E-state index in [9.17, 15) is 18.8 Å². The van der Waals surface area contributed by atoms with E-state index in [1.54, 1.807) is 19.1 Å². The van der Waals surface area contributed by atoms with Crippen LogP contribution >= 0.6 is 11.3 Å². The lowest BCUT2D eigenvalue weighted by Crippen LogP contribution is -2.39. The van der Waals surface area contributed by atoms with Crippen LogP contribution in [0.25, 0.3) is 0 Å². The predicted octanol–water partition coefficient (Wildman–Crippen LogP) is 4.15. The van der Waals surface area contributed by atoms with Crippen molar-refractivity contribution in [2.45, 2.75) is 32.4 Å². The van der Waals surface area contributed by atoms with Crippen LogP contribution in [0.2, 0.25) is 0 Å². The van der Waals surface area contributed by atoms with Crippen molar-refractivity contribution in [2.75, 3.05) is 17.2 Å². The molecule has 0 spiro atoms. The number of carbonyl (C=O) groups is 3. The second-order valence-electron chi connectivity index (χ2n) is 8.27. The molecule has 0 saturated carbocycles. The van der Waals surface area contributed by atoms with Gasteiger partial charge in [0.15, 0.2) is 0 Å². The van der Waals surface area contributed by atoms with Crippen LogP contribution in [-0.2, 0) is 11.3 Å². The van der Waals surface area contributed by atoms with E-state index in [1.807, 2.05) is 18.2 Å². The van der Waals surface area contributed by atoms with Gasteiger partial charge in [-0.2, -0.15) is 0 Å². The van der Waals surface area contributed by atoms with Gasteiger partial charge in [-0.1, -0.05) is 18.2 Å². The molecule has 9 heteroatoms. The Morgan fingerprint density at radius 3 is 2.65 bits per heavy atom. The molecular formula is C25H25FN4O3S. The number of nitrogens with zero attached hydrogens (tertiary/aromatic N) is 1. The van der Waals surface area contributed by atoms with E-state index in [2.05, 4.69) is 15.5 Å². The maximum Gasteiger partial charge on any atom is 0.266 e. The topological polar surface area (TPSA) is 105 Å². The van der Waals surface area contributed by atoms with Crippen LogP contribution in [0.1, 0.15) is 44.0 Å². The maximum absolute atomic E-state index is 13.4. The summed E-state index contributed by atoms with van der Waals surface area (Å²) in [6, 6.07) is 14.3. The molecule has 176 valence electrons. The molecule has 1 aliphatic rings. The number of likely N-dealkylation sites (tertiary alicyclic amines) is 1. The lowest BCUT2D eigenvalue weighted by atomic mass is 10.1. The fraction of sp³-hybridized carbons (Fsp3) is 0.240. The molecule has 1 unspecified atom stereocenters. The molecule has 0 bridgehead atoms. The van der Waals surface area contributed by atoms with Crippen molar-refractivity contribution in [1.29, 1.82) is 0 Å². The Morgan fingerprint density at radius 2 is 1.88 bits per heavy atom. The largest absolute Gasteiger partial charge is 0.368 e. The smallest absolute Gasteiger partial charge is 0.266 e. The van der Waals surface area contributed by atoms with Gasteiger partial charge in [0.05, 0.1) is 15.9 Å². The van der Waals surface area contributed by atoms with Crippen LogP contribution in [0.3, 0.4) is 0 Å². The molecule has 7 nitrogen and oxygen atoms in total. The molecule has 3 amide bonds. The molecular weight excluding hydrogens is 455 g/mol. The molecule has 1 aliphatic heterocycles. The lowest BCUT2D eigenvalue weighted by Gasteiger charge is -2.22. The first-order valence-electron chi connectivity index (χ1n) is 10.9. The molecule has 1 aromatic heterocycles. The highest BCUT2D eigenvalue weighted by atomic mass is 32.1. The second kappa shape index (κ2) is 10.1. The van der Waals surface area contributed by atoms with Gasteiger partial charge < -0.3 is 16.4 Å². The van der Waals surface area contributed by atoms with Crippen molar-refractivity contribution in [3.05, 3.63) is 82.0 Å². The van der Waals surface area contributed by atoms with Crippen molar-refractivity contribution in [3.63, 3.8) is 0 Å². The Morgan fingerprint density at radius 1 is 1.09 bits per heavy atom. The normalized spacial score (nSPS) is 15.8. The Bertz CT molecular complexity index is 1240. The van der Waals surface area contributed by atoms with Crippen LogP contribution in [0.5, 0.6) is 0 Å². The zero-order valence-electron chi connectivity index (χ0n) is 18.6. The highest BCUT2D eigenvalue weighted by Gasteiger charge is 2.28. The minimum absolute atomic E-state index is 0.199. The van der Waals surface area contributed by atoms with Gasteiger partial charge in [-0.05, 0) is 73.8 Å². The van der Waals surface area contributed by atoms with Crippen LogP contribution in [0, 0.1) is 12.7 Å². The number of amides is 3. The van der Waals surface area contributed by atoms with E-state index in [1.165, 1.54) is 18.2 Å². The Kier molecular flexibility index (Phi) is 7.04. The first kappa shape index (κ1) is 23.6. The summed E-state index contributed by atoms with van der Waals surface area (Å²) < 4.78 is 13.4. The van der Waals surface area contributed by atoms with Gasteiger partial charge in [0, 0.05) is 17.8 Å². The molecule has 2 heterocycles. The number of nitrogens with two attached hydrogens (primary N) is 1. The summed E-state index contributed by atoms with van der Waals surface area (Å²) >= 11 is 1.15. The molecule has 1 atom stereocenters. The monoisotopic (exact) mass is 480 g/mol. The summed E-state index contributed by atoms with van der Waals surface area (Å²) in [5, 5.41) is 6.12. The third-order valence-electron chi connectivity index (χ3n) is 5.71. The van der Waals surface area contributed by atoms with E-state index in [4.69, 9.17) is 5.73 Å². The van der Waals surface area contributed by atoms with Gasteiger partial charge in [-0.25, -0.2) is 4.39 Å². The third-order valence-corrected chi connectivity index (χ3v) is 6.86. The molecule has 34 heavy (non-hydrogen) atoms. The first-order chi connectivity index (χ1) is 16.3. The molecule has 1 saturated heterocycles. The second-order valence-corrected chi connectivity index (χ2v) is 9.32. The van der Waals surface area contributed by atoms with E-state index in [0.717, 1.165) is 47.9 Å². The summed E-state index contributed by atoms with van der Waals surface area (Å²) in [6.07, 6.45) is 1.70. The Labute approximate surface area is 200 Å². The van der Waals surface area contributed by atoms with Gasteiger partial charge in [-0.15, -0.1) is 11.3 Å². The average molecular weight is 481 g/mol. The van der Waals surface area contributed by atoms with Crippen molar-refractivity contribution in [1.82, 2.24) is 4.90 Å². The zero-order chi connectivity index (χ0) is 24.2. The van der Waals surface area contributed by atoms with Gasteiger partial charge in [0.1, 0.15) is 5.82 Å². The number of aryl methyl sites for hydroxylation is 1. The fourth-order valence-corrected chi connectivity index (χ4v) is 5.05. The molecule has 1 fully saturated rings. The molecule has 0 radical (unpaired) electrons. The van der Waals surface area contributed by atoms with E-state index < -0.39 is 11.7 Å². The van der Waals surface area contributed by atoms with E-state index in [-0.39, 0.29) is 23.4 Å². The third kappa shape index (κ3) is 5.49. The zero-order valence-corrected chi connectivity index (χ0v) is 19.5. The number of anilines is 2. The molecule has 2 aromatic carbocycles. The Hall–Kier alpha value is -3.56. The minimum atomic E-state index is -0.493. The quantitative estimate of drug-likeness (QED) is 0.473. The van der Waals surface area contributed by atoms with Crippen LogP contribution in [0.15, 0.2) is 54.6 Å². The van der Waals surface area contributed by atoms with E-state index in [0.29, 0.717) is 22.1 Å². The molecule has 3 aromatic rings. The van der Waals surface area contributed by atoms with Gasteiger partial charge in [0.25, 0.3) is 11.8 Å². The molecule has 4 N–H and O–H groups in total. The number of halogens is 1. The SMILES string of the molecule is Cc1cc(NC(=O)c2cccc(F)c2)sc1C(=O)Nc1cccc(CN2CCCC2C(N)=O)c1. The van der Waals surface area contributed by atoms with Crippen LogP contribution < -0.4 is 16.4 Å². The first-order valence-corrected chi connectivity index (χ1v) is 11.7. The van der Waals surface area contributed by atoms with Gasteiger partial charge in [-0.3, -0.25) is 19.3 Å². The highest BCUT2D eigenvalue weighted by molar-refractivity contribution is 7.18. The number of hydrogen-bond acceptors (Lipinski definition) is 5.